The van der Waals surface area contributed by atoms with E-state index in [1.54, 1.807) is 30.3 Å². The van der Waals surface area contributed by atoms with E-state index in [4.69, 9.17) is 4.74 Å². The van der Waals surface area contributed by atoms with Crippen LogP contribution in [0, 0.1) is 5.92 Å². The van der Waals surface area contributed by atoms with Crippen molar-refractivity contribution in [3.8, 4) is 5.88 Å². The summed E-state index contributed by atoms with van der Waals surface area (Å²) in [5.74, 6) is 0.208. The molecule has 126 valence electrons. The fraction of sp³-hybridized carbons (Fsp3) is 0.562. The fourth-order valence-corrected chi connectivity index (χ4v) is 2.53. The summed E-state index contributed by atoms with van der Waals surface area (Å²) in [4.78, 5) is 30.2. The Balaban J connectivity index is 1.92. The first-order chi connectivity index (χ1) is 11.0. The molecule has 1 aromatic heterocycles. The fourth-order valence-electron chi connectivity index (χ4n) is 2.53. The van der Waals surface area contributed by atoms with Crippen molar-refractivity contribution in [2.24, 2.45) is 5.92 Å². The van der Waals surface area contributed by atoms with Gasteiger partial charge in [0.25, 0.3) is 0 Å². The summed E-state index contributed by atoms with van der Waals surface area (Å²) >= 11 is 0. The van der Waals surface area contributed by atoms with Gasteiger partial charge in [0.05, 0.1) is 24.9 Å². The number of methoxy groups -OCH3 is 1. The van der Waals surface area contributed by atoms with Crippen LogP contribution in [0.2, 0.25) is 0 Å². The van der Waals surface area contributed by atoms with Crippen LogP contribution in [0.4, 0.5) is 10.5 Å². The first-order valence-corrected chi connectivity index (χ1v) is 7.86. The van der Waals surface area contributed by atoms with Gasteiger partial charge in [-0.25, -0.2) is 9.78 Å². The molecule has 7 nitrogen and oxygen atoms in total. The monoisotopic (exact) mass is 320 g/mol. The second kappa shape index (κ2) is 7.80. The molecule has 0 bridgehead atoms. The molecule has 1 saturated heterocycles. The molecule has 2 rings (SSSR count). The Kier molecular flexibility index (Phi) is 5.78. The van der Waals surface area contributed by atoms with E-state index < -0.39 is 0 Å². The minimum atomic E-state index is -0.205. The third-order valence-electron chi connectivity index (χ3n) is 3.70. The quantitative estimate of drug-likeness (QED) is 0.887. The number of hydrogen-bond donors (Lipinski definition) is 2. The molecule has 1 fully saturated rings. The summed E-state index contributed by atoms with van der Waals surface area (Å²) in [7, 11) is 1.54. The first-order valence-electron chi connectivity index (χ1n) is 7.86. The Morgan fingerprint density at radius 1 is 1.39 bits per heavy atom. The van der Waals surface area contributed by atoms with E-state index in [2.05, 4.69) is 15.6 Å². The number of carbonyl (C=O) groups is 2. The van der Waals surface area contributed by atoms with Crippen molar-refractivity contribution in [3.63, 3.8) is 0 Å². The molecule has 1 atom stereocenters. The maximum atomic E-state index is 12.4. The van der Waals surface area contributed by atoms with Gasteiger partial charge >= 0.3 is 6.03 Å². The summed E-state index contributed by atoms with van der Waals surface area (Å²) < 4.78 is 4.99. The van der Waals surface area contributed by atoms with E-state index >= 15 is 0 Å². The molecule has 1 aliphatic rings. The number of hydrogen-bond acceptors (Lipinski definition) is 4. The second-order valence-electron chi connectivity index (χ2n) is 5.97. The number of likely N-dealkylation sites (tertiary alicyclic amines) is 1. The lowest BCUT2D eigenvalue weighted by atomic mass is 9.97. The summed E-state index contributed by atoms with van der Waals surface area (Å²) in [6, 6.07) is 3.42. The van der Waals surface area contributed by atoms with Gasteiger partial charge in [-0.3, -0.25) is 4.79 Å². The van der Waals surface area contributed by atoms with Crippen LogP contribution in [-0.4, -0.2) is 48.1 Å². The predicted molar refractivity (Wildman–Crippen MR) is 87.4 cm³/mol. The summed E-state index contributed by atoms with van der Waals surface area (Å²) in [6.07, 6.45) is 3.16. The first kappa shape index (κ1) is 17.1. The van der Waals surface area contributed by atoms with Gasteiger partial charge in [0, 0.05) is 25.2 Å². The minimum Gasteiger partial charge on any atom is -0.481 e. The number of nitrogens with one attached hydrogen (secondary N) is 2. The lowest BCUT2D eigenvalue weighted by Crippen LogP contribution is -2.49. The molecule has 0 aliphatic carbocycles. The highest BCUT2D eigenvalue weighted by atomic mass is 16.5. The zero-order valence-corrected chi connectivity index (χ0v) is 13.8. The molecule has 2 heterocycles. The number of nitrogens with zero attached hydrogens (tertiary/aromatic N) is 2. The number of ether oxygens (including phenoxy) is 1. The van der Waals surface area contributed by atoms with Crippen molar-refractivity contribution in [1.82, 2.24) is 15.2 Å². The molecule has 0 aromatic carbocycles. The van der Waals surface area contributed by atoms with Gasteiger partial charge in [0.1, 0.15) is 0 Å². The number of rotatable bonds is 4. The van der Waals surface area contributed by atoms with Gasteiger partial charge < -0.3 is 20.3 Å². The van der Waals surface area contributed by atoms with Gasteiger partial charge in [-0.2, -0.15) is 0 Å². The molecular formula is C16H24N4O3. The van der Waals surface area contributed by atoms with Gasteiger partial charge in [0.2, 0.25) is 11.8 Å². The highest BCUT2D eigenvalue weighted by molar-refractivity contribution is 5.93. The van der Waals surface area contributed by atoms with Crippen molar-refractivity contribution in [2.45, 2.75) is 32.7 Å². The number of amides is 3. The van der Waals surface area contributed by atoms with Crippen LogP contribution >= 0.6 is 0 Å². The van der Waals surface area contributed by atoms with Gasteiger partial charge in [0.15, 0.2) is 0 Å². The van der Waals surface area contributed by atoms with Crippen LogP contribution in [0.15, 0.2) is 18.3 Å². The maximum absolute atomic E-state index is 12.4. The molecule has 0 spiro atoms. The maximum Gasteiger partial charge on any atom is 0.317 e. The van der Waals surface area contributed by atoms with Crippen molar-refractivity contribution >= 4 is 17.6 Å². The minimum absolute atomic E-state index is 0.0842. The lowest BCUT2D eigenvalue weighted by Gasteiger charge is -2.32. The van der Waals surface area contributed by atoms with Crippen LogP contribution in [0.1, 0.15) is 26.7 Å². The van der Waals surface area contributed by atoms with Crippen LogP contribution in [0.25, 0.3) is 0 Å². The number of piperidine rings is 1. The summed E-state index contributed by atoms with van der Waals surface area (Å²) in [6.45, 7) is 4.96. The highest BCUT2D eigenvalue weighted by Crippen LogP contribution is 2.19. The van der Waals surface area contributed by atoms with E-state index in [1.165, 1.54) is 0 Å². The Labute approximate surface area is 136 Å². The van der Waals surface area contributed by atoms with Gasteiger partial charge in [-0.15, -0.1) is 0 Å². The second-order valence-corrected chi connectivity index (χ2v) is 5.97. The third kappa shape index (κ3) is 4.84. The zero-order valence-electron chi connectivity index (χ0n) is 13.8. The van der Waals surface area contributed by atoms with Crippen LogP contribution in [-0.2, 0) is 4.79 Å². The number of urea groups is 1. The average molecular weight is 320 g/mol. The number of carbonyl (C=O) groups excluding carboxylic acids is 2. The van der Waals surface area contributed by atoms with E-state index in [1.807, 2.05) is 13.8 Å². The van der Waals surface area contributed by atoms with Crippen molar-refractivity contribution in [1.29, 1.82) is 0 Å². The van der Waals surface area contributed by atoms with Crippen molar-refractivity contribution < 1.29 is 14.3 Å². The Bertz CT molecular complexity index is 545. The molecule has 3 amide bonds. The molecule has 0 radical (unpaired) electrons. The van der Waals surface area contributed by atoms with Crippen LogP contribution in [0.3, 0.4) is 0 Å². The molecule has 0 unspecified atom stereocenters. The zero-order chi connectivity index (χ0) is 16.8. The lowest BCUT2D eigenvalue weighted by molar-refractivity contribution is -0.121. The SMILES string of the molecule is COc1ccc(NC(=O)[C@@H]2CCCN(C(=O)NC(C)C)C2)cn1. The normalized spacial score (nSPS) is 17.7. The molecule has 1 aliphatic heterocycles. The molecule has 1 aromatic rings. The Hall–Kier alpha value is -2.31. The van der Waals surface area contributed by atoms with Crippen molar-refractivity contribution in [3.05, 3.63) is 18.3 Å². The molecule has 2 N–H and O–H groups in total. The number of pyridine rings is 1. The molecule has 0 saturated carbocycles. The van der Waals surface area contributed by atoms with Gasteiger partial charge in [-0.05, 0) is 32.8 Å². The standard InChI is InChI=1S/C16H24N4O3/c1-11(2)18-16(22)20-8-4-5-12(10-20)15(21)19-13-6-7-14(23-3)17-9-13/h6-7,9,11-12H,4-5,8,10H2,1-3H3,(H,18,22)(H,19,21)/t12-/m1/s1. The summed E-state index contributed by atoms with van der Waals surface area (Å²) in [5.41, 5.74) is 0.625. The van der Waals surface area contributed by atoms with Crippen molar-refractivity contribution in [2.75, 3.05) is 25.5 Å². The topological polar surface area (TPSA) is 83.6 Å². The smallest absolute Gasteiger partial charge is 0.317 e. The van der Waals surface area contributed by atoms with Crippen LogP contribution < -0.4 is 15.4 Å². The Morgan fingerprint density at radius 3 is 2.78 bits per heavy atom. The van der Waals surface area contributed by atoms with E-state index in [-0.39, 0.29) is 23.9 Å². The van der Waals surface area contributed by atoms with Crippen LogP contribution in [0.5, 0.6) is 5.88 Å². The number of anilines is 1. The predicted octanol–water partition coefficient (Wildman–Crippen LogP) is 1.86. The van der Waals surface area contributed by atoms with Gasteiger partial charge in [-0.1, -0.05) is 0 Å². The Morgan fingerprint density at radius 2 is 2.17 bits per heavy atom. The molecular weight excluding hydrogens is 296 g/mol. The molecule has 23 heavy (non-hydrogen) atoms. The molecule has 7 heteroatoms. The highest BCUT2D eigenvalue weighted by Gasteiger charge is 2.28. The number of aromatic nitrogens is 1. The third-order valence-corrected chi connectivity index (χ3v) is 3.70. The largest absolute Gasteiger partial charge is 0.481 e. The average Bonchev–Trinajstić information content (AvgIpc) is 2.55. The van der Waals surface area contributed by atoms with E-state index in [0.717, 1.165) is 12.8 Å². The van der Waals surface area contributed by atoms with E-state index in [9.17, 15) is 9.59 Å². The van der Waals surface area contributed by atoms with E-state index in [0.29, 0.717) is 24.7 Å². The summed E-state index contributed by atoms with van der Waals surface area (Å²) in [5, 5.41) is 5.71.